The lowest BCUT2D eigenvalue weighted by Gasteiger charge is -2.30. The SMILES string of the molecule is O=C1C2CCC(O2)C(=O)N1c1ccc(Cl)cc1C#CCO. The minimum Gasteiger partial charge on any atom is -0.384 e. The Morgan fingerprint density at radius 1 is 1.29 bits per heavy atom. The first-order chi connectivity index (χ1) is 10.1. The van der Waals surface area contributed by atoms with E-state index in [1.165, 1.54) is 0 Å². The molecule has 21 heavy (non-hydrogen) atoms. The van der Waals surface area contributed by atoms with Crippen molar-refractivity contribution in [3.63, 3.8) is 0 Å². The van der Waals surface area contributed by atoms with E-state index in [1.807, 2.05) is 0 Å². The van der Waals surface area contributed by atoms with Gasteiger partial charge in [0, 0.05) is 5.02 Å². The third-order valence-electron chi connectivity index (χ3n) is 3.51. The van der Waals surface area contributed by atoms with Crippen LogP contribution in [0.1, 0.15) is 18.4 Å². The Labute approximate surface area is 126 Å². The first-order valence-electron chi connectivity index (χ1n) is 6.54. The highest BCUT2D eigenvalue weighted by atomic mass is 35.5. The third kappa shape index (κ3) is 2.42. The lowest BCUT2D eigenvalue weighted by molar-refractivity contribution is -0.146. The molecule has 1 aromatic carbocycles. The molecule has 108 valence electrons. The van der Waals surface area contributed by atoms with Crippen LogP contribution in [0, 0.1) is 11.8 Å². The molecule has 2 saturated heterocycles. The normalized spacial score (nSPS) is 24.0. The molecule has 2 fully saturated rings. The van der Waals surface area contributed by atoms with E-state index in [-0.39, 0.29) is 18.4 Å². The summed E-state index contributed by atoms with van der Waals surface area (Å²) in [5, 5.41) is 9.26. The molecule has 2 unspecified atom stereocenters. The minimum absolute atomic E-state index is 0.317. The van der Waals surface area contributed by atoms with Gasteiger partial charge in [-0.3, -0.25) is 9.59 Å². The first-order valence-corrected chi connectivity index (χ1v) is 6.92. The van der Waals surface area contributed by atoms with E-state index in [2.05, 4.69) is 11.8 Å². The number of aliphatic hydroxyl groups is 1. The van der Waals surface area contributed by atoms with Gasteiger partial charge in [0.05, 0.1) is 11.3 Å². The van der Waals surface area contributed by atoms with Gasteiger partial charge in [-0.25, -0.2) is 4.90 Å². The number of anilines is 1. The summed E-state index contributed by atoms with van der Waals surface area (Å²) in [5.41, 5.74) is 0.815. The quantitative estimate of drug-likeness (QED) is 0.623. The van der Waals surface area contributed by atoms with E-state index in [4.69, 9.17) is 21.4 Å². The molecule has 3 rings (SSSR count). The number of aliphatic hydroxyl groups excluding tert-OH is 1. The number of fused-ring (bicyclic) bond motifs is 2. The standard InChI is InChI=1S/C15H12ClNO4/c16-10-3-4-11(9(8-10)2-1-7-18)17-14(19)12-5-6-13(21-12)15(17)20/h3-4,8,12-13,18H,5-7H2. The molecule has 5 nitrogen and oxygen atoms in total. The second-order valence-corrected chi connectivity index (χ2v) is 5.26. The number of rotatable bonds is 1. The Bertz CT molecular complexity index is 654. The molecule has 0 spiro atoms. The Hall–Kier alpha value is -1.87. The van der Waals surface area contributed by atoms with Crippen molar-refractivity contribution in [3.05, 3.63) is 28.8 Å². The molecular weight excluding hydrogens is 294 g/mol. The molecule has 0 saturated carbocycles. The number of carbonyl (C=O) groups excluding carboxylic acids is 2. The number of hydrogen-bond donors (Lipinski definition) is 1. The van der Waals surface area contributed by atoms with E-state index in [9.17, 15) is 9.59 Å². The third-order valence-corrected chi connectivity index (χ3v) is 3.75. The van der Waals surface area contributed by atoms with Crippen LogP contribution in [-0.4, -0.2) is 35.7 Å². The zero-order valence-electron chi connectivity index (χ0n) is 11.0. The molecule has 1 N–H and O–H groups in total. The van der Waals surface area contributed by atoms with Crippen LogP contribution in [0.15, 0.2) is 18.2 Å². The van der Waals surface area contributed by atoms with Crippen molar-refractivity contribution >= 4 is 29.1 Å². The number of halogens is 1. The van der Waals surface area contributed by atoms with Crippen LogP contribution in [0.4, 0.5) is 5.69 Å². The van der Waals surface area contributed by atoms with E-state index >= 15 is 0 Å². The number of ether oxygens (including phenoxy) is 1. The molecule has 2 amide bonds. The average molecular weight is 306 g/mol. The zero-order valence-corrected chi connectivity index (χ0v) is 11.8. The van der Waals surface area contributed by atoms with Gasteiger partial charge in [0.25, 0.3) is 11.8 Å². The zero-order chi connectivity index (χ0) is 15.0. The highest BCUT2D eigenvalue weighted by Crippen LogP contribution is 2.33. The van der Waals surface area contributed by atoms with E-state index in [0.29, 0.717) is 29.1 Å². The highest BCUT2D eigenvalue weighted by Gasteiger charge is 2.47. The van der Waals surface area contributed by atoms with Crippen molar-refractivity contribution in [2.45, 2.75) is 25.0 Å². The van der Waals surface area contributed by atoms with E-state index in [1.54, 1.807) is 18.2 Å². The molecule has 2 aliphatic rings. The fourth-order valence-corrected chi connectivity index (χ4v) is 2.74. The number of amides is 2. The maximum atomic E-state index is 12.4. The van der Waals surface area contributed by atoms with Gasteiger partial charge < -0.3 is 9.84 Å². The Morgan fingerprint density at radius 3 is 2.57 bits per heavy atom. The molecule has 6 heteroatoms. The van der Waals surface area contributed by atoms with Gasteiger partial charge in [0.1, 0.15) is 18.8 Å². The van der Waals surface area contributed by atoms with Crippen molar-refractivity contribution in [2.24, 2.45) is 0 Å². The summed E-state index contributed by atoms with van der Waals surface area (Å²) >= 11 is 5.93. The van der Waals surface area contributed by atoms with Gasteiger partial charge in [0.15, 0.2) is 0 Å². The lowest BCUT2D eigenvalue weighted by Crippen LogP contribution is -2.52. The maximum absolute atomic E-state index is 12.4. The smallest absolute Gasteiger partial charge is 0.263 e. The van der Waals surface area contributed by atoms with Gasteiger partial charge in [-0.1, -0.05) is 23.4 Å². The number of imide groups is 1. The van der Waals surface area contributed by atoms with Gasteiger partial charge in [-0.2, -0.15) is 0 Å². The minimum atomic E-state index is -0.568. The largest absolute Gasteiger partial charge is 0.384 e. The summed E-state index contributed by atoms with van der Waals surface area (Å²) in [6, 6.07) is 4.75. The summed E-state index contributed by atoms with van der Waals surface area (Å²) in [6.07, 6.45) is -0.0300. The van der Waals surface area contributed by atoms with Crippen molar-refractivity contribution in [2.75, 3.05) is 11.5 Å². The van der Waals surface area contributed by atoms with Gasteiger partial charge in [-0.15, -0.1) is 0 Å². The number of hydrogen-bond acceptors (Lipinski definition) is 4. The Kier molecular flexibility index (Phi) is 3.68. The predicted octanol–water partition coefficient (Wildman–Crippen LogP) is 1.10. The van der Waals surface area contributed by atoms with Gasteiger partial charge >= 0.3 is 0 Å². The van der Waals surface area contributed by atoms with Crippen LogP contribution in [0.3, 0.4) is 0 Å². The Morgan fingerprint density at radius 2 is 1.95 bits per heavy atom. The molecule has 0 radical (unpaired) electrons. The highest BCUT2D eigenvalue weighted by molar-refractivity contribution is 6.31. The van der Waals surface area contributed by atoms with Crippen molar-refractivity contribution in [1.82, 2.24) is 0 Å². The van der Waals surface area contributed by atoms with Crippen molar-refractivity contribution in [1.29, 1.82) is 0 Å². The van der Waals surface area contributed by atoms with Crippen LogP contribution in [0.2, 0.25) is 5.02 Å². The average Bonchev–Trinajstić information content (AvgIpc) is 2.92. The number of morpholine rings is 1. The summed E-state index contributed by atoms with van der Waals surface area (Å²) in [5.74, 6) is 4.48. The summed E-state index contributed by atoms with van der Waals surface area (Å²) in [7, 11) is 0. The predicted molar refractivity (Wildman–Crippen MR) is 75.8 cm³/mol. The van der Waals surface area contributed by atoms with Crippen LogP contribution < -0.4 is 4.90 Å². The number of nitrogens with zero attached hydrogens (tertiary/aromatic N) is 1. The summed E-state index contributed by atoms with van der Waals surface area (Å²) < 4.78 is 5.38. The molecular formula is C15H12ClNO4. The second kappa shape index (κ2) is 5.49. The topological polar surface area (TPSA) is 66.8 Å². The maximum Gasteiger partial charge on any atom is 0.263 e. The van der Waals surface area contributed by atoms with Crippen molar-refractivity contribution in [3.8, 4) is 11.8 Å². The monoisotopic (exact) mass is 305 g/mol. The van der Waals surface area contributed by atoms with Crippen molar-refractivity contribution < 1.29 is 19.4 Å². The van der Waals surface area contributed by atoms with E-state index in [0.717, 1.165) is 4.90 Å². The van der Waals surface area contributed by atoms with Crippen LogP contribution >= 0.6 is 11.6 Å². The van der Waals surface area contributed by atoms with Gasteiger partial charge in [0.2, 0.25) is 0 Å². The van der Waals surface area contributed by atoms with Crippen LogP contribution in [0.25, 0.3) is 0 Å². The second-order valence-electron chi connectivity index (χ2n) is 4.82. The first kappa shape index (κ1) is 14.1. The Balaban J connectivity index is 2.07. The lowest BCUT2D eigenvalue weighted by atomic mass is 10.1. The molecule has 1 aromatic rings. The molecule has 0 aromatic heterocycles. The molecule has 2 atom stereocenters. The van der Waals surface area contributed by atoms with Crippen LogP contribution in [0.5, 0.6) is 0 Å². The van der Waals surface area contributed by atoms with E-state index < -0.39 is 12.2 Å². The fourth-order valence-electron chi connectivity index (χ4n) is 2.57. The fraction of sp³-hybridized carbons (Fsp3) is 0.333. The molecule has 2 heterocycles. The molecule has 2 aliphatic heterocycles. The van der Waals surface area contributed by atoms with Crippen LogP contribution in [-0.2, 0) is 14.3 Å². The number of carbonyl (C=O) groups is 2. The van der Waals surface area contributed by atoms with Gasteiger partial charge in [-0.05, 0) is 31.0 Å². The summed E-state index contributed by atoms with van der Waals surface area (Å²) in [6.45, 7) is -0.317. The molecule has 2 bridgehead atoms. The number of benzene rings is 1. The molecule has 0 aliphatic carbocycles. The summed E-state index contributed by atoms with van der Waals surface area (Å²) in [4.78, 5) is 25.8.